The summed E-state index contributed by atoms with van der Waals surface area (Å²) in [6.07, 6.45) is -3.35. The van der Waals surface area contributed by atoms with Gasteiger partial charge in [0.2, 0.25) is 4.77 Å². The van der Waals surface area contributed by atoms with E-state index in [1.54, 1.807) is 6.07 Å². The highest BCUT2D eigenvalue weighted by molar-refractivity contribution is 9.10. The van der Waals surface area contributed by atoms with Crippen LogP contribution in [0.1, 0.15) is 11.1 Å². The first-order valence-electron chi connectivity index (χ1n) is 7.01. The Balaban J connectivity index is 2.07. The lowest BCUT2D eigenvalue weighted by Crippen LogP contribution is -2.09. The summed E-state index contributed by atoms with van der Waals surface area (Å²) in [5.74, 6) is 0.387. The van der Waals surface area contributed by atoms with E-state index in [9.17, 15) is 13.2 Å². The van der Waals surface area contributed by atoms with E-state index in [2.05, 4.69) is 31.2 Å². The van der Waals surface area contributed by atoms with Crippen LogP contribution in [0.15, 0.2) is 58.1 Å². The van der Waals surface area contributed by atoms with Crippen molar-refractivity contribution in [3.8, 4) is 11.4 Å². The fourth-order valence-electron chi connectivity index (χ4n) is 2.20. The van der Waals surface area contributed by atoms with E-state index in [0.717, 1.165) is 16.8 Å². The van der Waals surface area contributed by atoms with E-state index < -0.39 is 11.7 Å². The Bertz CT molecular complexity index is 991. The molecule has 9 heteroatoms. The van der Waals surface area contributed by atoms with Gasteiger partial charge >= 0.3 is 6.18 Å². The van der Waals surface area contributed by atoms with Gasteiger partial charge in [-0.3, -0.25) is 0 Å². The number of rotatable bonds is 3. The van der Waals surface area contributed by atoms with Crippen LogP contribution in [0, 0.1) is 4.77 Å². The lowest BCUT2D eigenvalue weighted by Gasteiger charge is -2.09. The van der Waals surface area contributed by atoms with Gasteiger partial charge in [0, 0.05) is 15.6 Å². The van der Waals surface area contributed by atoms with Crippen LogP contribution in [0.5, 0.6) is 0 Å². The van der Waals surface area contributed by atoms with Crippen molar-refractivity contribution < 1.29 is 13.2 Å². The molecule has 0 aliphatic heterocycles. The predicted octanol–water partition coefficient (Wildman–Crippen LogP) is 5.27. The summed E-state index contributed by atoms with van der Waals surface area (Å²) in [6.45, 7) is 0. The molecule has 0 spiro atoms. The molecule has 0 aliphatic carbocycles. The molecular weight excluding hydrogens is 417 g/mol. The molecule has 1 heterocycles. The van der Waals surface area contributed by atoms with Crippen molar-refractivity contribution in [3.05, 3.63) is 68.9 Å². The molecule has 0 bridgehead atoms. The van der Waals surface area contributed by atoms with Crippen LogP contribution < -0.4 is 0 Å². The summed E-state index contributed by atoms with van der Waals surface area (Å²) < 4.78 is 41.4. The summed E-state index contributed by atoms with van der Waals surface area (Å²) >= 11 is 8.54. The third kappa shape index (κ3) is 3.72. The molecule has 0 saturated carbocycles. The molecular formula is C16H10BrF3N4S. The zero-order chi connectivity index (χ0) is 18.0. The molecule has 128 valence electrons. The van der Waals surface area contributed by atoms with Gasteiger partial charge in [-0.2, -0.15) is 28.0 Å². The zero-order valence-electron chi connectivity index (χ0n) is 12.5. The number of nitrogens with zero attached hydrogens (tertiary/aromatic N) is 3. The largest absolute Gasteiger partial charge is 0.417 e. The first kappa shape index (κ1) is 17.6. The van der Waals surface area contributed by atoms with E-state index >= 15 is 0 Å². The van der Waals surface area contributed by atoms with Crippen molar-refractivity contribution in [2.75, 3.05) is 0 Å². The second kappa shape index (κ2) is 6.93. The predicted molar refractivity (Wildman–Crippen MR) is 95.0 cm³/mol. The van der Waals surface area contributed by atoms with Crippen LogP contribution in [0.4, 0.5) is 13.2 Å². The summed E-state index contributed by atoms with van der Waals surface area (Å²) in [4.78, 5) is 0. The Morgan fingerprint density at radius 2 is 1.80 bits per heavy atom. The van der Waals surface area contributed by atoms with Crippen molar-refractivity contribution >= 4 is 34.4 Å². The summed E-state index contributed by atoms with van der Waals surface area (Å²) in [7, 11) is 0. The Hall–Kier alpha value is -2.26. The van der Waals surface area contributed by atoms with Gasteiger partial charge in [-0.05, 0) is 30.4 Å². The van der Waals surface area contributed by atoms with E-state index in [1.165, 1.54) is 22.9 Å². The maximum Gasteiger partial charge on any atom is 0.417 e. The number of hydrogen-bond acceptors (Lipinski definition) is 3. The first-order chi connectivity index (χ1) is 11.9. The fraction of sp³-hybridized carbons (Fsp3) is 0.0625. The van der Waals surface area contributed by atoms with Gasteiger partial charge in [-0.15, -0.1) is 0 Å². The SMILES string of the molecule is FC(F)(F)c1ccccc1/C=N/n1c(-c2ccccc2Br)n[nH]c1=S. The van der Waals surface area contributed by atoms with Gasteiger partial charge in [0.15, 0.2) is 5.82 Å². The Kier molecular flexibility index (Phi) is 4.87. The van der Waals surface area contributed by atoms with Crippen LogP contribution in [-0.2, 0) is 6.18 Å². The minimum absolute atomic E-state index is 0.0591. The topological polar surface area (TPSA) is 46.0 Å². The van der Waals surface area contributed by atoms with Crippen LogP contribution in [-0.4, -0.2) is 21.1 Å². The molecule has 4 nitrogen and oxygen atoms in total. The molecule has 1 aromatic heterocycles. The summed E-state index contributed by atoms with van der Waals surface area (Å²) in [6, 6.07) is 12.5. The monoisotopic (exact) mass is 426 g/mol. The number of aromatic amines is 1. The van der Waals surface area contributed by atoms with Gasteiger partial charge in [0.05, 0.1) is 11.8 Å². The van der Waals surface area contributed by atoms with Crippen LogP contribution in [0.25, 0.3) is 11.4 Å². The molecule has 0 aliphatic rings. The smallest absolute Gasteiger partial charge is 0.250 e. The molecule has 3 aromatic rings. The molecule has 3 rings (SSSR count). The van der Waals surface area contributed by atoms with E-state index in [-0.39, 0.29) is 10.3 Å². The molecule has 0 saturated heterocycles. The lowest BCUT2D eigenvalue weighted by molar-refractivity contribution is -0.137. The third-order valence-corrected chi connectivity index (χ3v) is 4.30. The maximum atomic E-state index is 13.1. The molecule has 0 radical (unpaired) electrons. The number of H-pyrrole nitrogens is 1. The molecule has 0 amide bonds. The summed E-state index contributed by atoms with van der Waals surface area (Å²) in [5, 5.41) is 10.8. The van der Waals surface area contributed by atoms with Gasteiger partial charge in [-0.25, -0.2) is 5.10 Å². The quantitative estimate of drug-likeness (QED) is 0.457. The highest BCUT2D eigenvalue weighted by Crippen LogP contribution is 2.31. The molecule has 0 unspecified atom stereocenters. The van der Waals surface area contributed by atoms with Crippen molar-refractivity contribution in [3.63, 3.8) is 0 Å². The number of nitrogens with one attached hydrogen (secondary N) is 1. The maximum absolute atomic E-state index is 13.1. The highest BCUT2D eigenvalue weighted by atomic mass is 79.9. The lowest BCUT2D eigenvalue weighted by atomic mass is 10.1. The standard InChI is InChI=1S/C16H10BrF3N4S/c17-13-8-4-2-6-11(13)14-22-23-15(25)24(14)21-9-10-5-1-3-7-12(10)16(18,19)20/h1-9H,(H,23,25)/b21-9+. The van der Waals surface area contributed by atoms with Crippen molar-refractivity contribution in [1.82, 2.24) is 14.9 Å². The van der Waals surface area contributed by atoms with E-state index in [4.69, 9.17) is 12.2 Å². The number of alkyl halides is 3. The minimum atomic E-state index is -4.47. The average Bonchev–Trinajstić information content (AvgIpc) is 2.93. The molecule has 0 atom stereocenters. The number of hydrogen-bond donors (Lipinski definition) is 1. The minimum Gasteiger partial charge on any atom is -0.250 e. The first-order valence-corrected chi connectivity index (χ1v) is 8.21. The molecule has 0 fully saturated rings. The average molecular weight is 427 g/mol. The van der Waals surface area contributed by atoms with Crippen LogP contribution in [0.3, 0.4) is 0 Å². The van der Waals surface area contributed by atoms with Gasteiger partial charge in [0.25, 0.3) is 0 Å². The van der Waals surface area contributed by atoms with Gasteiger partial charge < -0.3 is 0 Å². The molecule has 1 N–H and O–H groups in total. The molecule has 2 aromatic carbocycles. The number of aromatic nitrogens is 3. The van der Waals surface area contributed by atoms with Crippen molar-refractivity contribution in [1.29, 1.82) is 0 Å². The Labute approximate surface area is 154 Å². The highest BCUT2D eigenvalue weighted by Gasteiger charge is 2.32. The molecule has 25 heavy (non-hydrogen) atoms. The van der Waals surface area contributed by atoms with Gasteiger partial charge in [-0.1, -0.05) is 46.3 Å². The van der Waals surface area contributed by atoms with Crippen molar-refractivity contribution in [2.24, 2.45) is 5.10 Å². The summed E-state index contributed by atoms with van der Waals surface area (Å²) in [5.41, 5.74) is -0.122. The number of benzene rings is 2. The number of halogens is 4. The van der Waals surface area contributed by atoms with E-state index in [1.807, 2.05) is 18.2 Å². The van der Waals surface area contributed by atoms with Crippen LogP contribution >= 0.6 is 28.1 Å². The Morgan fingerprint density at radius 3 is 2.52 bits per heavy atom. The zero-order valence-corrected chi connectivity index (χ0v) is 14.9. The normalized spacial score (nSPS) is 12.0. The Morgan fingerprint density at radius 1 is 1.12 bits per heavy atom. The second-order valence-corrected chi connectivity index (χ2v) is 6.21. The second-order valence-electron chi connectivity index (χ2n) is 4.97. The fourth-order valence-corrected chi connectivity index (χ4v) is 2.84. The van der Waals surface area contributed by atoms with Crippen LogP contribution in [0.2, 0.25) is 0 Å². The van der Waals surface area contributed by atoms with E-state index in [0.29, 0.717) is 11.4 Å². The third-order valence-electron chi connectivity index (χ3n) is 3.34. The van der Waals surface area contributed by atoms with Gasteiger partial charge in [0.1, 0.15) is 0 Å². The van der Waals surface area contributed by atoms with Crippen molar-refractivity contribution in [2.45, 2.75) is 6.18 Å².